The van der Waals surface area contributed by atoms with E-state index in [0.717, 1.165) is 37.2 Å². The molecule has 1 N–H and O–H groups in total. The first-order valence-corrected chi connectivity index (χ1v) is 9.64. The van der Waals surface area contributed by atoms with Crippen LogP contribution in [0.25, 0.3) is 0 Å². The Morgan fingerprint density at radius 2 is 1.78 bits per heavy atom. The summed E-state index contributed by atoms with van der Waals surface area (Å²) in [6, 6.07) is 20.4. The van der Waals surface area contributed by atoms with Gasteiger partial charge >= 0.3 is 0 Å². The summed E-state index contributed by atoms with van der Waals surface area (Å²) >= 11 is 0. The number of carbonyl (C=O) groups is 1. The lowest BCUT2D eigenvalue weighted by Crippen LogP contribution is -2.31. The van der Waals surface area contributed by atoms with Crippen molar-refractivity contribution >= 4 is 5.91 Å². The number of nitrogens with zero attached hydrogens (tertiary/aromatic N) is 2. The monoisotopic (exact) mass is 361 g/mol. The predicted molar refractivity (Wildman–Crippen MR) is 109 cm³/mol. The van der Waals surface area contributed by atoms with E-state index >= 15 is 0 Å². The lowest BCUT2D eigenvalue weighted by molar-refractivity contribution is -0.122. The van der Waals surface area contributed by atoms with Gasteiger partial charge in [0.05, 0.1) is 5.92 Å². The van der Waals surface area contributed by atoms with E-state index < -0.39 is 0 Å². The van der Waals surface area contributed by atoms with Crippen molar-refractivity contribution in [3.63, 3.8) is 0 Å². The van der Waals surface area contributed by atoms with Crippen LogP contribution in [0.3, 0.4) is 0 Å². The molecule has 0 fully saturated rings. The van der Waals surface area contributed by atoms with Crippen LogP contribution in [0.1, 0.15) is 42.6 Å². The molecule has 27 heavy (non-hydrogen) atoms. The quantitative estimate of drug-likeness (QED) is 0.622. The fourth-order valence-electron chi connectivity index (χ4n) is 3.34. The predicted octanol–water partition coefficient (Wildman–Crippen LogP) is 4.17. The number of nitrogens with one attached hydrogen (secondary N) is 1. The largest absolute Gasteiger partial charge is 0.355 e. The molecule has 3 rings (SSSR count). The second-order valence-corrected chi connectivity index (χ2v) is 6.75. The van der Waals surface area contributed by atoms with Gasteiger partial charge in [-0.3, -0.25) is 4.79 Å². The maximum absolute atomic E-state index is 12.7. The zero-order valence-electron chi connectivity index (χ0n) is 15.8. The van der Waals surface area contributed by atoms with Gasteiger partial charge in [0.2, 0.25) is 5.91 Å². The van der Waals surface area contributed by atoms with Crippen molar-refractivity contribution in [1.29, 1.82) is 0 Å². The molecule has 1 atom stereocenters. The molecule has 0 aliphatic heterocycles. The second kappa shape index (κ2) is 9.72. The highest BCUT2D eigenvalue weighted by Crippen LogP contribution is 2.21. The Hall–Kier alpha value is -2.88. The fraction of sp³-hybridized carbons (Fsp3) is 0.304. The van der Waals surface area contributed by atoms with E-state index in [1.165, 1.54) is 5.56 Å². The van der Waals surface area contributed by atoms with Crippen molar-refractivity contribution in [2.75, 3.05) is 6.54 Å². The molecule has 1 unspecified atom stereocenters. The summed E-state index contributed by atoms with van der Waals surface area (Å²) in [5.74, 6) is 1.01. The Kier molecular flexibility index (Phi) is 6.80. The molecule has 0 bridgehead atoms. The number of imidazole rings is 1. The highest BCUT2D eigenvalue weighted by molar-refractivity contribution is 5.83. The number of hydrogen-bond donors (Lipinski definition) is 1. The summed E-state index contributed by atoms with van der Waals surface area (Å²) in [6.07, 6.45) is 6.38. The lowest BCUT2D eigenvalue weighted by Gasteiger charge is -2.16. The third kappa shape index (κ3) is 5.30. The van der Waals surface area contributed by atoms with Crippen LogP contribution in [0.2, 0.25) is 0 Å². The van der Waals surface area contributed by atoms with E-state index in [2.05, 4.69) is 33.9 Å². The van der Waals surface area contributed by atoms with E-state index in [-0.39, 0.29) is 11.8 Å². The van der Waals surface area contributed by atoms with Crippen LogP contribution in [0.15, 0.2) is 73.1 Å². The first-order valence-electron chi connectivity index (χ1n) is 9.64. The Bertz CT molecular complexity index is 827. The maximum atomic E-state index is 12.7. The van der Waals surface area contributed by atoms with E-state index in [4.69, 9.17) is 0 Å². The molecule has 0 aliphatic carbocycles. The minimum Gasteiger partial charge on any atom is -0.355 e. The Labute approximate surface area is 161 Å². The number of amides is 1. The topological polar surface area (TPSA) is 46.9 Å². The van der Waals surface area contributed by atoms with Gasteiger partial charge in [0, 0.05) is 31.9 Å². The summed E-state index contributed by atoms with van der Waals surface area (Å²) in [5, 5.41) is 3.10. The zero-order chi connectivity index (χ0) is 18.9. The second-order valence-electron chi connectivity index (χ2n) is 6.75. The van der Waals surface area contributed by atoms with Gasteiger partial charge in [0.15, 0.2) is 0 Å². The number of rotatable bonds is 9. The van der Waals surface area contributed by atoms with E-state index in [0.29, 0.717) is 6.54 Å². The lowest BCUT2D eigenvalue weighted by atomic mass is 9.93. The first kappa shape index (κ1) is 18.9. The molecule has 140 valence electrons. The van der Waals surface area contributed by atoms with E-state index in [1.807, 2.05) is 60.9 Å². The van der Waals surface area contributed by atoms with Gasteiger partial charge < -0.3 is 9.88 Å². The minimum absolute atomic E-state index is 0.0831. The number of benzene rings is 2. The summed E-state index contributed by atoms with van der Waals surface area (Å²) in [7, 11) is 0. The Morgan fingerprint density at radius 1 is 1.07 bits per heavy atom. The van der Waals surface area contributed by atoms with E-state index in [9.17, 15) is 4.79 Å². The molecule has 4 heteroatoms. The van der Waals surface area contributed by atoms with Crippen LogP contribution < -0.4 is 5.32 Å². The third-order valence-electron chi connectivity index (χ3n) is 4.74. The van der Waals surface area contributed by atoms with Crippen molar-refractivity contribution in [1.82, 2.24) is 14.9 Å². The van der Waals surface area contributed by atoms with Gasteiger partial charge in [0.25, 0.3) is 0 Å². The molecule has 1 amide bonds. The number of hydrogen-bond acceptors (Lipinski definition) is 2. The Morgan fingerprint density at radius 3 is 2.48 bits per heavy atom. The molecule has 0 spiro atoms. The van der Waals surface area contributed by atoms with Gasteiger partial charge in [-0.2, -0.15) is 0 Å². The molecule has 0 saturated heterocycles. The van der Waals surface area contributed by atoms with Crippen molar-refractivity contribution in [2.45, 2.75) is 38.6 Å². The molecular weight excluding hydrogens is 334 g/mol. The smallest absolute Gasteiger partial charge is 0.227 e. The molecule has 3 aromatic rings. The zero-order valence-corrected chi connectivity index (χ0v) is 15.8. The van der Waals surface area contributed by atoms with Crippen molar-refractivity contribution in [2.24, 2.45) is 0 Å². The molecule has 1 aromatic heterocycles. The molecule has 0 aliphatic rings. The molecule has 4 nitrogen and oxygen atoms in total. The molecule has 2 aromatic carbocycles. The van der Waals surface area contributed by atoms with Crippen molar-refractivity contribution in [3.05, 3.63) is 90.0 Å². The molecule has 0 saturated carbocycles. The summed E-state index contributed by atoms with van der Waals surface area (Å²) in [6.45, 7) is 3.51. The molecule has 1 heterocycles. The van der Waals surface area contributed by atoms with Crippen LogP contribution in [0.4, 0.5) is 0 Å². The summed E-state index contributed by atoms with van der Waals surface area (Å²) < 4.78 is 2.14. The average molecular weight is 361 g/mol. The van der Waals surface area contributed by atoms with Crippen LogP contribution in [-0.4, -0.2) is 22.0 Å². The number of carbonyl (C=O) groups excluding carboxylic acids is 1. The van der Waals surface area contributed by atoms with Gasteiger partial charge in [-0.1, -0.05) is 74.0 Å². The van der Waals surface area contributed by atoms with Gasteiger partial charge in [-0.15, -0.1) is 0 Å². The SMILES string of the molecule is CCCC(C(=O)NCCc1nccn1Cc1ccccc1)c1ccccc1. The summed E-state index contributed by atoms with van der Waals surface area (Å²) in [4.78, 5) is 17.2. The van der Waals surface area contributed by atoms with E-state index in [1.54, 1.807) is 0 Å². The van der Waals surface area contributed by atoms with Crippen LogP contribution in [-0.2, 0) is 17.8 Å². The van der Waals surface area contributed by atoms with Crippen LogP contribution in [0, 0.1) is 0 Å². The number of aromatic nitrogens is 2. The molecule has 0 radical (unpaired) electrons. The standard InChI is InChI=1S/C23H27N3O/c1-2-9-21(20-12-7-4-8-13-20)23(27)25-15-14-22-24-16-17-26(22)18-19-10-5-3-6-11-19/h3-8,10-13,16-17,21H,2,9,14-15,18H2,1H3,(H,25,27). The normalized spacial score (nSPS) is 11.9. The van der Waals surface area contributed by atoms with Gasteiger partial charge in [-0.05, 0) is 17.5 Å². The van der Waals surface area contributed by atoms with Crippen LogP contribution in [0.5, 0.6) is 0 Å². The highest BCUT2D eigenvalue weighted by Gasteiger charge is 2.19. The highest BCUT2D eigenvalue weighted by atomic mass is 16.1. The molecular formula is C23H27N3O. The van der Waals surface area contributed by atoms with Gasteiger partial charge in [0.1, 0.15) is 5.82 Å². The third-order valence-corrected chi connectivity index (χ3v) is 4.74. The maximum Gasteiger partial charge on any atom is 0.227 e. The fourth-order valence-corrected chi connectivity index (χ4v) is 3.34. The van der Waals surface area contributed by atoms with Crippen LogP contribution >= 0.6 is 0 Å². The minimum atomic E-state index is -0.0831. The Balaban J connectivity index is 1.56. The average Bonchev–Trinajstić information content (AvgIpc) is 3.14. The van der Waals surface area contributed by atoms with Crippen molar-refractivity contribution < 1.29 is 4.79 Å². The first-order chi connectivity index (χ1) is 13.3. The van der Waals surface area contributed by atoms with Gasteiger partial charge in [-0.25, -0.2) is 4.98 Å². The summed E-state index contributed by atoms with van der Waals surface area (Å²) in [5.41, 5.74) is 2.33. The van der Waals surface area contributed by atoms with Crippen molar-refractivity contribution in [3.8, 4) is 0 Å².